The van der Waals surface area contributed by atoms with Gasteiger partial charge in [-0.25, -0.2) is 0 Å². The second kappa shape index (κ2) is 6.73. The lowest BCUT2D eigenvalue weighted by atomic mass is 9.94. The van der Waals surface area contributed by atoms with E-state index in [4.69, 9.17) is 9.47 Å². The molecule has 3 rings (SSSR count). The zero-order valence-electron chi connectivity index (χ0n) is 13.4. The summed E-state index contributed by atoms with van der Waals surface area (Å²) >= 11 is 0. The fourth-order valence-corrected chi connectivity index (χ4v) is 3.15. The van der Waals surface area contributed by atoms with E-state index in [0.717, 1.165) is 24.0 Å². The van der Waals surface area contributed by atoms with Gasteiger partial charge in [0.15, 0.2) is 11.5 Å². The summed E-state index contributed by atoms with van der Waals surface area (Å²) in [5.41, 5.74) is 2.21. The molecule has 2 aromatic rings. The first-order valence-electron chi connectivity index (χ1n) is 7.77. The van der Waals surface area contributed by atoms with E-state index in [1.165, 1.54) is 0 Å². The monoisotopic (exact) mass is 311 g/mol. The molecule has 4 nitrogen and oxygen atoms in total. The number of benzene rings is 2. The molecule has 1 aliphatic rings. The maximum Gasteiger partial charge on any atom is 0.227 e. The van der Waals surface area contributed by atoms with Gasteiger partial charge in [0.1, 0.15) is 0 Å². The van der Waals surface area contributed by atoms with Crippen LogP contribution in [0.5, 0.6) is 11.5 Å². The number of ether oxygens (including phenoxy) is 2. The first-order valence-corrected chi connectivity index (χ1v) is 7.77. The Morgan fingerprint density at radius 1 is 1.04 bits per heavy atom. The van der Waals surface area contributed by atoms with Gasteiger partial charge in [-0.2, -0.15) is 0 Å². The second-order valence-electron chi connectivity index (χ2n) is 5.80. The minimum Gasteiger partial charge on any atom is -0.493 e. The number of rotatable bonds is 5. The minimum absolute atomic E-state index is 0.0543. The van der Waals surface area contributed by atoms with Crippen LogP contribution in [0, 0.1) is 0 Å². The summed E-state index contributed by atoms with van der Waals surface area (Å²) in [5, 5.41) is 3.11. The Balaban J connectivity index is 1.71. The van der Waals surface area contributed by atoms with Crippen molar-refractivity contribution in [2.24, 2.45) is 0 Å². The van der Waals surface area contributed by atoms with Crippen molar-refractivity contribution in [1.29, 1.82) is 0 Å². The van der Waals surface area contributed by atoms with Crippen molar-refractivity contribution in [2.75, 3.05) is 14.2 Å². The van der Waals surface area contributed by atoms with Gasteiger partial charge in [0.2, 0.25) is 5.91 Å². The summed E-state index contributed by atoms with van der Waals surface area (Å²) in [6.45, 7) is 0. The van der Waals surface area contributed by atoms with Gasteiger partial charge < -0.3 is 14.8 Å². The van der Waals surface area contributed by atoms with E-state index < -0.39 is 0 Å². The molecular formula is C19H21NO3. The molecule has 1 aliphatic heterocycles. The molecule has 23 heavy (non-hydrogen) atoms. The molecule has 1 fully saturated rings. The highest BCUT2D eigenvalue weighted by molar-refractivity contribution is 5.86. The molecule has 2 unspecified atom stereocenters. The molecule has 0 spiro atoms. The molecular weight excluding hydrogens is 290 g/mol. The van der Waals surface area contributed by atoms with Crippen LogP contribution in [0.15, 0.2) is 48.5 Å². The molecule has 120 valence electrons. The van der Waals surface area contributed by atoms with Crippen molar-refractivity contribution in [3.8, 4) is 11.5 Å². The molecule has 0 radical (unpaired) electrons. The molecule has 1 N–H and O–H groups in total. The Labute approximate surface area is 136 Å². The SMILES string of the molecule is COc1ccc(CC2CC(c3ccccc3)C(=O)N2)cc1OC. The lowest BCUT2D eigenvalue weighted by Crippen LogP contribution is -2.27. The fraction of sp³-hybridized carbons (Fsp3) is 0.316. The summed E-state index contributed by atoms with van der Waals surface area (Å²) in [5.74, 6) is 1.49. The molecule has 1 heterocycles. The summed E-state index contributed by atoms with van der Waals surface area (Å²) in [6, 6.07) is 16.0. The lowest BCUT2D eigenvalue weighted by Gasteiger charge is -2.13. The third-order valence-electron chi connectivity index (χ3n) is 4.32. The van der Waals surface area contributed by atoms with E-state index in [1.807, 2.05) is 48.5 Å². The van der Waals surface area contributed by atoms with Gasteiger partial charge in [-0.05, 0) is 36.1 Å². The molecule has 1 amide bonds. The molecule has 2 aromatic carbocycles. The van der Waals surface area contributed by atoms with E-state index in [0.29, 0.717) is 11.5 Å². The number of nitrogens with one attached hydrogen (secondary N) is 1. The average Bonchev–Trinajstić information content (AvgIpc) is 2.95. The number of hydrogen-bond acceptors (Lipinski definition) is 3. The number of amides is 1. The summed E-state index contributed by atoms with van der Waals surface area (Å²) in [7, 11) is 3.25. The molecule has 0 saturated carbocycles. The zero-order chi connectivity index (χ0) is 16.2. The highest BCUT2D eigenvalue weighted by atomic mass is 16.5. The van der Waals surface area contributed by atoms with Crippen molar-refractivity contribution in [1.82, 2.24) is 5.32 Å². The molecule has 4 heteroatoms. The van der Waals surface area contributed by atoms with Gasteiger partial charge >= 0.3 is 0 Å². The van der Waals surface area contributed by atoms with Crippen LogP contribution in [0.3, 0.4) is 0 Å². The predicted octanol–water partition coefficient (Wildman–Crippen LogP) is 2.92. The fourth-order valence-electron chi connectivity index (χ4n) is 3.15. The van der Waals surface area contributed by atoms with Crippen LogP contribution in [0.2, 0.25) is 0 Å². The van der Waals surface area contributed by atoms with Crippen molar-refractivity contribution in [3.05, 3.63) is 59.7 Å². The standard InChI is InChI=1S/C19H21NO3/c1-22-17-9-8-13(11-18(17)23-2)10-15-12-16(19(21)20-15)14-6-4-3-5-7-14/h3-9,11,15-16H,10,12H2,1-2H3,(H,20,21). The molecule has 1 saturated heterocycles. The van der Waals surface area contributed by atoms with Crippen molar-refractivity contribution >= 4 is 5.91 Å². The quantitative estimate of drug-likeness (QED) is 0.923. The summed E-state index contributed by atoms with van der Waals surface area (Å²) < 4.78 is 10.6. The molecule has 0 bridgehead atoms. The number of carbonyl (C=O) groups excluding carboxylic acids is 1. The van der Waals surface area contributed by atoms with Gasteiger partial charge in [-0.1, -0.05) is 36.4 Å². The van der Waals surface area contributed by atoms with Crippen LogP contribution < -0.4 is 14.8 Å². The van der Waals surface area contributed by atoms with Gasteiger partial charge in [0.25, 0.3) is 0 Å². The average molecular weight is 311 g/mol. The van der Waals surface area contributed by atoms with E-state index in [-0.39, 0.29) is 17.9 Å². The smallest absolute Gasteiger partial charge is 0.227 e. The van der Waals surface area contributed by atoms with Crippen LogP contribution in [0.1, 0.15) is 23.5 Å². The molecule has 2 atom stereocenters. The first kappa shape index (κ1) is 15.4. The Bertz CT molecular complexity index is 684. The maximum absolute atomic E-state index is 12.2. The third kappa shape index (κ3) is 3.31. The van der Waals surface area contributed by atoms with Crippen LogP contribution in [-0.2, 0) is 11.2 Å². The Morgan fingerprint density at radius 2 is 1.78 bits per heavy atom. The van der Waals surface area contributed by atoms with E-state index in [2.05, 4.69) is 5.32 Å². The van der Waals surface area contributed by atoms with Crippen molar-refractivity contribution < 1.29 is 14.3 Å². The van der Waals surface area contributed by atoms with Crippen molar-refractivity contribution in [2.45, 2.75) is 24.8 Å². The summed E-state index contributed by atoms with van der Waals surface area (Å²) in [6.07, 6.45) is 1.60. The first-order chi connectivity index (χ1) is 11.2. The predicted molar refractivity (Wildman–Crippen MR) is 89.0 cm³/mol. The van der Waals surface area contributed by atoms with Gasteiger partial charge in [-0.3, -0.25) is 4.79 Å². The van der Waals surface area contributed by atoms with Gasteiger partial charge in [0.05, 0.1) is 20.1 Å². The van der Waals surface area contributed by atoms with Crippen molar-refractivity contribution in [3.63, 3.8) is 0 Å². The normalized spacial score (nSPS) is 20.2. The molecule has 0 aromatic heterocycles. The number of carbonyl (C=O) groups is 1. The Morgan fingerprint density at radius 3 is 2.48 bits per heavy atom. The highest BCUT2D eigenvalue weighted by Gasteiger charge is 2.32. The van der Waals surface area contributed by atoms with E-state index in [1.54, 1.807) is 14.2 Å². The van der Waals surface area contributed by atoms with Crippen LogP contribution in [0.25, 0.3) is 0 Å². The topological polar surface area (TPSA) is 47.6 Å². The second-order valence-corrected chi connectivity index (χ2v) is 5.80. The van der Waals surface area contributed by atoms with Crippen LogP contribution in [-0.4, -0.2) is 26.2 Å². The third-order valence-corrected chi connectivity index (χ3v) is 4.32. The maximum atomic E-state index is 12.2. The van der Waals surface area contributed by atoms with Crippen LogP contribution >= 0.6 is 0 Å². The number of hydrogen-bond donors (Lipinski definition) is 1. The zero-order valence-corrected chi connectivity index (χ0v) is 13.4. The van der Waals surface area contributed by atoms with E-state index >= 15 is 0 Å². The molecule has 0 aliphatic carbocycles. The minimum atomic E-state index is -0.0543. The largest absolute Gasteiger partial charge is 0.493 e. The van der Waals surface area contributed by atoms with E-state index in [9.17, 15) is 4.79 Å². The summed E-state index contributed by atoms with van der Waals surface area (Å²) in [4.78, 5) is 12.2. The number of methoxy groups -OCH3 is 2. The van der Waals surface area contributed by atoms with Gasteiger partial charge in [-0.15, -0.1) is 0 Å². The Kier molecular flexibility index (Phi) is 4.51. The highest BCUT2D eigenvalue weighted by Crippen LogP contribution is 2.31. The van der Waals surface area contributed by atoms with Crippen LogP contribution in [0.4, 0.5) is 0 Å². The lowest BCUT2D eigenvalue weighted by molar-refractivity contribution is -0.120. The Hall–Kier alpha value is -2.49. The van der Waals surface area contributed by atoms with Gasteiger partial charge in [0, 0.05) is 6.04 Å².